The van der Waals surface area contributed by atoms with E-state index in [2.05, 4.69) is 15.5 Å². The number of alkyl halides is 3. The van der Waals surface area contributed by atoms with Crippen molar-refractivity contribution in [1.82, 2.24) is 20.4 Å². The number of carbonyl (C=O) groups excluding carboxylic acids is 1. The molecule has 3 aliphatic rings. The first-order valence-corrected chi connectivity index (χ1v) is 10.5. The molecule has 2 heterocycles. The monoisotopic (exact) mass is 406 g/mol. The van der Waals surface area contributed by atoms with Crippen LogP contribution in [0.1, 0.15) is 38.5 Å². The van der Waals surface area contributed by atoms with Crippen LogP contribution in [0.5, 0.6) is 0 Å². The molecule has 9 heteroatoms. The lowest BCUT2D eigenvalue weighted by atomic mass is 9.80. The Labute approximate surface area is 165 Å². The van der Waals surface area contributed by atoms with Gasteiger partial charge in [-0.2, -0.15) is 13.2 Å². The quantitative estimate of drug-likeness (QED) is 0.710. The standard InChI is InChI=1S/C19H33F3N4O2/c20-19(21,22)15-25-7-4-16(13-25)12-23-17(27)24-14-18(5-2-1-3-6-18)26-8-10-28-11-9-26/h16H,1-15H2,(H2,23,24,27). The van der Waals surface area contributed by atoms with Gasteiger partial charge in [0, 0.05) is 38.3 Å². The molecule has 1 aliphatic carbocycles. The van der Waals surface area contributed by atoms with E-state index in [4.69, 9.17) is 4.74 Å². The Morgan fingerprint density at radius 3 is 2.46 bits per heavy atom. The normalized spacial score (nSPS) is 26.9. The largest absolute Gasteiger partial charge is 0.401 e. The van der Waals surface area contributed by atoms with E-state index in [9.17, 15) is 18.0 Å². The average molecular weight is 406 g/mol. The molecule has 0 spiro atoms. The summed E-state index contributed by atoms with van der Waals surface area (Å²) in [5.74, 6) is 0.0796. The van der Waals surface area contributed by atoms with Crippen LogP contribution in [-0.4, -0.2) is 86.6 Å². The molecule has 2 saturated heterocycles. The van der Waals surface area contributed by atoms with Gasteiger partial charge in [0.15, 0.2) is 0 Å². The van der Waals surface area contributed by atoms with Gasteiger partial charge in [0.25, 0.3) is 0 Å². The molecule has 2 amide bonds. The Hall–Kier alpha value is -1.06. The molecule has 6 nitrogen and oxygen atoms in total. The molecule has 162 valence electrons. The molecule has 0 aromatic carbocycles. The first-order chi connectivity index (χ1) is 13.4. The molecule has 0 aromatic rings. The van der Waals surface area contributed by atoms with Gasteiger partial charge in [0.1, 0.15) is 0 Å². The Balaban J connectivity index is 1.41. The van der Waals surface area contributed by atoms with Crippen LogP contribution in [-0.2, 0) is 4.74 Å². The third-order valence-corrected chi connectivity index (χ3v) is 6.37. The van der Waals surface area contributed by atoms with Crippen molar-refractivity contribution in [1.29, 1.82) is 0 Å². The van der Waals surface area contributed by atoms with E-state index in [0.29, 0.717) is 32.6 Å². The van der Waals surface area contributed by atoms with E-state index in [0.717, 1.165) is 39.1 Å². The molecule has 28 heavy (non-hydrogen) atoms. The molecule has 3 rings (SSSR count). The number of likely N-dealkylation sites (tertiary alicyclic amines) is 1. The highest BCUT2D eigenvalue weighted by atomic mass is 19.4. The zero-order chi connectivity index (χ0) is 20.0. The molecule has 0 aromatic heterocycles. The van der Waals surface area contributed by atoms with E-state index in [-0.39, 0.29) is 17.5 Å². The molecular weight excluding hydrogens is 373 g/mol. The van der Waals surface area contributed by atoms with Crippen molar-refractivity contribution in [2.45, 2.75) is 50.2 Å². The molecular formula is C19H33F3N4O2. The molecule has 3 fully saturated rings. The summed E-state index contributed by atoms with van der Waals surface area (Å²) in [6.07, 6.45) is 2.30. The van der Waals surface area contributed by atoms with Crippen LogP contribution in [0.2, 0.25) is 0 Å². The van der Waals surface area contributed by atoms with Gasteiger partial charge < -0.3 is 15.4 Å². The van der Waals surface area contributed by atoms with Crippen molar-refractivity contribution in [3.8, 4) is 0 Å². The summed E-state index contributed by atoms with van der Waals surface area (Å²) in [4.78, 5) is 16.2. The number of nitrogens with one attached hydrogen (secondary N) is 2. The van der Waals surface area contributed by atoms with Crippen LogP contribution in [0, 0.1) is 5.92 Å². The first-order valence-electron chi connectivity index (χ1n) is 10.5. The molecule has 1 saturated carbocycles. The summed E-state index contributed by atoms with van der Waals surface area (Å²) in [5, 5.41) is 5.90. The summed E-state index contributed by atoms with van der Waals surface area (Å²) in [7, 11) is 0. The van der Waals surface area contributed by atoms with Gasteiger partial charge in [0.05, 0.1) is 19.8 Å². The van der Waals surface area contributed by atoms with Crippen molar-refractivity contribution < 1.29 is 22.7 Å². The van der Waals surface area contributed by atoms with Gasteiger partial charge >= 0.3 is 12.2 Å². The van der Waals surface area contributed by atoms with Crippen molar-refractivity contribution >= 4 is 6.03 Å². The lowest BCUT2D eigenvalue weighted by Gasteiger charge is -2.48. The van der Waals surface area contributed by atoms with Crippen LogP contribution in [0.25, 0.3) is 0 Å². The predicted octanol–water partition coefficient (Wildman–Crippen LogP) is 2.20. The SMILES string of the molecule is O=C(NCC1CCN(CC(F)(F)F)C1)NCC1(N2CCOCC2)CCCCC1. The molecule has 1 atom stereocenters. The zero-order valence-corrected chi connectivity index (χ0v) is 16.5. The number of morpholine rings is 1. The van der Waals surface area contributed by atoms with Crippen LogP contribution in [0.15, 0.2) is 0 Å². The van der Waals surface area contributed by atoms with Crippen molar-refractivity contribution in [2.24, 2.45) is 5.92 Å². The summed E-state index contributed by atoms with van der Waals surface area (Å²) >= 11 is 0. The van der Waals surface area contributed by atoms with E-state index >= 15 is 0 Å². The fourth-order valence-electron chi connectivity index (χ4n) is 4.87. The second-order valence-corrected chi connectivity index (χ2v) is 8.45. The van der Waals surface area contributed by atoms with Gasteiger partial charge in [-0.05, 0) is 31.7 Å². The summed E-state index contributed by atoms with van der Waals surface area (Å²) in [6.45, 7) is 4.28. The highest BCUT2D eigenvalue weighted by Crippen LogP contribution is 2.33. The topological polar surface area (TPSA) is 56.8 Å². The maximum Gasteiger partial charge on any atom is 0.401 e. The minimum absolute atomic E-state index is 0.0102. The van der Waals surface area contributed by atoms with Crippen LogP contribution < -0.4 is 10.6 Å². The number of nitrogens with zero attached hydrogens (tertiary/aromatic N) is 2. The minimum atomic E-state index is -4.16. The van der Waals surface area contributed by atoms with Gasteiger partial charge in [0.2, 0.25) is 0 Å². The second-order valence-electron chi connectivity index (χ2n) is 8.45. The number of urea groups is 1. The van der Waals surface area contributed by atoms with E-state index in [1.807, 2.05) is 0 Å². The number of ether oxygens (including phenoxy) is 1. The number of hydrogen-bond donors (Lipinski definition) is 2. The summed E-state index contributed by atoms with van der Waals surface area (Å²) in [5.41, 5.74) is 0.0102. The van der Waals surface area contributed by atoms with Gasteiger partial charge in [-0.25, -0.2) is 4.79 Å². The molecule has 2 N–H and O–H groups in total. The average Bonchev–Trinajstić information content (AvgIpc) is 3.12. The molecule has 0 bridgehead atoms. The maximum atomic E-state index is 12.5. The minimum Gasteiger partial charge on any atom is -0.379 e. The van der Waals surface area contributed by atoms with Crippen LogP contribution in [0.4, 0.5) is 18.0 Å². The molecule has 0 radical (unpaired) electrons. The van der Waals surface area contributed by atoms with Gasteiger partial charge in [-0.3, -0.25) is 9.80 Å². The lowest BCUT2D eigenvalue weighted by Crippen LogP contribution is -2.60. The Morgan fingerprint density at radius 2 is 1.79 bits per heavy atom. The number of carbonyl (C=O) groups is 1. The number of rotatable bonds is 6. The van der Waals surface area contributed by atoms with Crippen molar-refractivity contribution in [3.63, 3.8) is 0 Å². The van der Waals surface area contributed by atoms with Crippen molar-refractivity contribution in [2.75, 3.05) is 59.0 Å². The van der Waals surface area contributed by atoms with E-state index < -0.39 is 12.7 Å². The first kappa shape index (κ1) is 21.6. The number of halogens is 3. The predicted molar refractivity (Wildman–Crippen MR) is 100 cm³/mol. The van der Waals surface area contributed by atoms with Crippen molar-refractivity contribution in [3.05, 3.63) is 0 Å². The Morgan fingerprint density at radius 1 is 1.07 bits per heavy atom. The van der Waals surface area contributed by atoms with Crippen LogP contribution in [0.3, 0.4) is 0 Å². The third-order valence-electron chi connectivity index (χ3n) is 6.37. The van der Waals surface area contributed by atoms with Gasteiger partial charge in [-0.15, -0.1) is 0 Å². The smallest absolute Gasteiger partial charge is 0.379 e. The van der Waals surface area contributed by atoms with E-state index in [1.54, 1.807) is 0 Å². The highest BCUT2D eigenvalue weighted by molar-refractivity contribution is 5.73. The molecule has 2 aliphatic heterocycles. The fraction of sp³-hybridized carbons (Fsp3) is 0.947. The Kier molecular flexibility index (Phi) is 7.44. The van der Waals surface area contributed by atoms with E-state index in [1.165, 1.54) is 24.2 Å². The fourth-order valence-corrected chi connectivity index (χ4v) is 4.87. The van der Waals surface area contributed by atoms with Crippen LogP contribution >= 0.6 is 0 Å². The second kappa shape index (κ2) is 9.63. The lowest BCUT2D eigenvalue weighted by molar-refractivity contribution is -0.143. The number of hydrogen-bond acceptors (Lipinski definition) is 4. The third kappa shape index (κ3) is 6.22. The maximum absolute atomic E-state index is 12.5. The number of amides is 2. The Bertz CT molecular complexity index is 506. The molecule has 1 unspecified atom stereocenters. The summed E-state index contributed by atoms with van der Waals surface area (Å²) in [6, 6.07) is -0.215. The summed E-state index contributed by atoms with van der Waals surface area (Å²) < 4.78 is 42.9. The van der Waals surface area contributed by atoms with Gasteiger partial charge in [-0.1, -0.05) is 19.3 Å². The highest BCUT2D eigenvalue weighted by Gasteiger charge is 2.39. The zero-order valence-electron chi connectivity index (χ0n) is 16.5.